The summed E-state index contributed by atoms with van der Waals surface area (Å²) in [6, 6.07) is 2.04. The third-order valence-corrected chi connectivity index (χ3v) is 7.69. The van der Waals surface area contributed by atoms with E-state index in [-0.39, 0.29) is 8.28 Å². The van der Waals surface area contributed by atoms with Gasteiger partial charge in [0.25, 0.3) is 5.56 Å². The van der Waals surface area contributed by atoms with Gasteiger partial charge in [-0.3, -0.25) is 4.79 Å². The van der Waals surface area contributed by atoms with E-state index in [4.69, 9.17) is 5.73 Å². The molecular formula is C15H13F4N5O6S2. The van der Waals surface area contributed by atoms with Crippen LogP contribution in [0.3, 0.4) is 0 Å². The van der Waals surface area contributed by atoms with E-state index in [1.54, 1.807) is 0 Å². The van der Waals surface area contributed by atoms with Crippen LogP contribution in [-0.2, 0) is 26.2 Å². The number of nitrogens with two attached hydrogens (primary N) is 1. The normalized spacial score (nSPS) is 12.4. The van der Waals surface area contributed by atoms with Gasteiger partial charge in [0.05, 0.1) is 28.9 Å². The standard InChI is InChI=1S/C15H13F4N5O6S2/c1-3-32(29,30)24(31(2,27)28)9-5-10(8(16)4-7(9)6-20)23-13(25)11(21)12(15(17,18)19)22-14(23)26/h4-5H,3,21H2,1-2H3,(H,22,26). The number of benzene rings is 1. The van der Waals surface area contributed by atoms with Gasteiger partial charge < -0.3 is 10.7 Å². The van der Waals surface area contributed by atoms with E-state index in [0.717, 1.165) is 6.92 Å². The molecule has 3 N–H and O–H groups in total. The molecule has 2 aromatic rings. The van der Waals surface area contributed by atoms with Crippen molar-refractivity contribution in [1.82, 2.24) is 9.55 Å². The minimum atomic E-state index is -5.24. The van der Waals surface area contributed by atoms with E-state index in [1.807, 2.05) is 0 Å². The third kappa shape index (κ3) is 4.31. The number of H-pyrrole nitrogens is 1. The highest BCUT2D eigenvalue weighted by atomic mass is 32.3. The summed E-state index contributed by atoms with van der Waals surface area (Å²) in [6.07, 6.45) is -4.78. The molecule has 2 rings (SSSR count). The maximum Gasteiger partial charge on any atom is 0.433 e. The molecule has 1 aromatic carbocycles. The number of alkyl halides is 3. The average molecular weight is 499 g/mol. The van der Waals surface area contributed by atoms with Gasteiger partial charge in [0.1, 0.15) is 17.6 Å². The summed E-state index contributed by atoms with van der Waals surface area (Å²) in [6.45, 7) is 1.07. The first-order valence-corrected chi connectivity index (χ1v) is 11.6. The number of nitrogens with zero attached hydrogens (tertiary/aromatic N) is 3. The number of nitriles is 1. The predicted molar refractivity (Wildman–Crippen MR) is 104 cm³/mol. The van der Waals surface area contributed by atoms with Gasteiger partial charge in [-0.2, -0.15) is 22.1 Å². The Kier molecular flexibility index (Phi) is 6.18. The number of anilines is 2. The fraction of sp³-hybridized carbons (Fsp3) is 0.267. The zero-order valence-corrected chi connectivity index (χ0v) is 17.7. The van der Waals surface area contributed by atoms with Crippen molar-refractivity contribution in [2.75, 3.05) is 21.5 Å². The number of nitrogens with one attached hydrogen (secondary N) is 1. The van der Waals surface area contributed by atoms with Gasteiger partial charge in [-0.15, -0.1) is 0 Å². The lowest BCUT2D eigenvalue weighted by Crippen LogP contribution is -2.40. The summed E-state index contributed by atoms with van der Waals surface area (Å²) in [5, 5.41) is 9.22. The Hall–Kier alpha value is -3.39. The third-order valence-electron chi connectivity index (χ3n) is 3.96. The van der Waals surface area contributed by atoms with Crippen LogP contribution in [0.25, 0.3) is 5.69 Å². The lowest BCUT2D eigenvalue weighted by molar-refractivity contribution is -0.140. The zero-order chi connectivity index (χ0) is 24.8. The number of hydrogen-bond donors (Lipinski definition) is 2. The number of aromatic nitrogens is 2. The fourth-order valence-electron chi connectivity index (χ4n) is 2.61. The maximum absolute atomic E-state index is 14.6. The molecule has 0 amide bonds. The molecule has 0 radical (unpaired) electrons. The summed E-state index contributed by atoms with van der Waals surface area (Å²) in [5.74, 6) is -2.31. The van der Waals surface area contributed by atoms with Crippen molar-refractivity contribution in [1.29, 1.82) is 5.26 Å². The van der Waals surface area contributed by atoms with Crippen LogP contribution in [0.4, 0.5) is 28.9 Å². The highest BCUT2D eigenvalue weighted by Crippen LogP contribution is 2.31. The number of sulfonamides is 2. The number of aromatic amines is 1. The van der Waals surface area contributed by atoms with Gasteiger partial charge in [0, 0.05) is 0 Å². The Morgan fingerprint density at radius 1 is 1.22 bits per heavy atom. The molecular weight excluding hydrogens is 486 g/mol. The topological polar surface area (TPSA) is 176 Å². The Bertz CT molecular complexity index is 1470. The van der Waals surface area contributed by atoms with E-state index in [2.05, 4.69) is 0 Å². The van der Waals surface area contributed by atoms with E-state index in [1.165, 1.54) is 11.1 Å². The van der Waals surface area contributed by atoms with Crippen LogP contribution in [0.2, 0.25) is 0 Å². The fourth-order valence-corrected chi connectivity index (χ4v) is 5.77. The van der Waals surface area contributed by atoms with Gasteiger partial charge in [-0.1, -0.05) is 0 Å². The molecule has 0 aliphatic carbocycles. The van der Waals surface area contributed by atoms with Crippen LogP contribution >= 0.6 is 0 Å². The van der Waals surface area contributed by atoms with Crippen molar-refractivity contribution < 1.29 is 34.4 Å². The SMILES string of the molecule is CCS(=O)(=O)N(c1cc(-n2c(=O)[nH]c(C(F)(F)F)c(N)c2=O)c(F)cc1C#N)S(C)(=O)=O. The maximum atomic E-state index is 14.6. The molecule has 11 nitrogen and oxygen atoms in total. The molecule has 1 heterocycles. The quantitative estimate of drug-likeness (QED) is 0.550. The first-order valence-electron chi connectivity index (χ1n) is 8.16. The lowest BCUT2D eigenvalue weighted by Gasteiger charge is -2.23. The summed E-state index contributed by atoms with van der Waals surface area (Å²) in [4.78, 5) is 25.8. The second kappa shape index (κ2) is 7.94. The molecule has 0 spiro atoms. The van der Waals surface area contributed by atoms with Gasteiger partial charge in [-0.05, 0) is 19.1 Å². The van der Waals surface area contributed by atoms with Crippen molar-refractivity contribution >= 4 is 31.4 Å². The smallest absolute Gasteiger partial charge is 0.393 e. The monoisotopic (exact) mass is 499 g/mol. The zero-order valence-electron chi connectivity index (χ0n) is 16.1. The van der Waals surface area contributed by atoms with Crippen LogP contribution in [0.15, 0.2) is 21.7 Å². The van der Waals surface area contributed by atoms with Gasteiger partial charge in [0.2, 0.25) is 20.0 Å². The lowest BCUT2D eigenvalue weighted by atomic mass is 10.1. The van der Waals surface area contributed by atoms with Crippen molar-refractivity contribution in [3.63, 3.8) is 0 Å². The molecule has 0 saturated heterocycles. The highest BCUT2D eigenvalue weighted by molar-refractivity contribution is 8.09. The summed E-state index contributed by atoms with van der Waals surface area (Å²) in [5.41, 5.74) is -4.83. The Labute approximate surface area is 177 Å². The minimum absolute atomic E-state index is 0.191. The molecule has 0 fully saturated rings. The molecule has 0 aliphatic heterocycles. The number of halogens is 4. The van der Waals surface area contributed by atoms with Gasteiger partial charge in [0.15, 0.2) is 5.69 Å². The van der Waals surface area contributed by atoms with Crippen LogP contribution in [0, 0.1) is 17.1 Å². The summed E-state index contributed by atoms with van der Waals surface area (Å²) < 4.78 is 102. The number of nitrogen functional groups attached to an aromatic ring is 1. The van der Waals surface area contributed by atoms with Crippen molar-refractivity contribution in [2.45, 2.75) is 13.1 Å². The van der Waals surface area contributed by atoms with Crippen molar-refractivity contribution in [3.05, 3.63) is 50.0 Å². The van der Waals surface area contributed by atoms with Gasteiger partial charge >= 0.3 is 11.9 Å². The first-order chi connectivity index (χ1) is 14.5. The van der Waals surface area contributed by atoms with Crippen LogP contribution < -0.4 is 20.7 Å². The molecule has 0 unspecified atom stereocenters. The second-order valence-corrected chi connectivity index (χ2v) is 10.3. The Balaban J connectivity index is 3.04. The molecule has 1 aromatic heterocycles. The van der Waals surface area contributed by atoms with Crippen LogP contribution in [-0.4, -0.2) is 38.4 Å². The molecule has 32 heavy (non-hydrogen) atoms. The first kappa shape index (κ1) is 24.9. The van der Waals surface area contributed by atoms with Crippen molar-refractivity contribution in [2.24, 2.45) is 0 Å². The Morgan fingerprint density at radius 2 is 1.78 bits per heavy atom. The molecule has 17 heteroatoms. The van der Waals surface area contributed by atoms with E-state index < -0.39 is 77.4 Å². The van der Waals surface area contributed by atoms with Crippen LogP contribution in [0.1, 0.15) is 18.2 Å². The molecule has 0 aliphatic rings. The molecule has 0 bridgehead atoms. The minimum Gasteiger partial charge on any atom is -0.393 e. The van der Waals surface area contributed by atoms with Crippen molar-refractivity contribution in [3.8, 4) is 11.8 Å². The largest absolute Gasteiger partial charge is 0.433 e. The Morgan fingerprint density at radius 3 is 2.22 bits per heavy atom. The molecule has 0 saturated carbocycles. The summed E-state index contributed by atoms with van der Waals surface area (Å²) in [7, 11) is -9.31. The van der Waals surface area contributed by atoms with Gasteiger partial charge in [-0.25, -0.2) is 30.6 Å². The molecule has 0 atom stereocenters. The average Bonchev–Trinajstić information content (AvgIpc) is 2.64. The molecule has 174 valence electrons. The second-order valence-electron chi connectivity index (χ2n) is 6.15. The highest BCUT2D eigenvalue weighted by Gasteiger charge is 2.37. The van der Waals surface area contributed by atoms with Crippen LogP contribution in [0.5, 0.6) is 0 Å². The van der Waals surface area contributed by atoms with E-state index in [0.29, 0.717) is 18.4 Å². The van der Waals surface area contributed by atoms with E-state index in [9.17, 15) is 49.2 Å². The van der Waals surface area contributed by atoms with E-state index >= 15 is 0 Å². The predicted octanol–water partition coefficient (Wildman–Crippen LogP) is 0.253. The number of hydrogen-bond acceptors (Lipinski definition) is 8. The summed E-state index contributed by atoms with van der Waals surface area (Å²) >= 11 is 0. The number of rotatable bonds is 5.